The molecule has 1 aromatic rings. The quantitative estimate of drug-likeness (QED) is 0.729. The number of halogens is 2. The van der Waals surface area contributed by atoms with Gasteiger partial charge in [0, 0.05) is 13.1 Å². The molecule has 1 saturated carbocycles. The number of nitrogen functional groups attached to an aromatic ring is 1. The number of benzene rings is 1. The normalized spacial score (nSPS) is 25.2. The van der Waals surface area contributed by atoms with Crippen LogP contribution in [0.15, 0.2) is 12.1 Å². The predicted molar refractivity (Wildman–Crippen MR) is 96.4 cm³/mol. The first-order valence-electron chi connectivity index (χ1n) is 8.84. The van der Waals surface area contributed by atoms with Gasteiger partial charge >= 0.3 is 0 Å². The van der Waals surface area contributed by atoms with E-state index in [4.69, 9.17) is 5.73 Å². The molecule has 0 bridgehead atoms. The molecule has 5 nitrogen and oxygen atoms in total. The minimum Gasteiger partial charge on any atom is -0.397 e. The highest BCUT2D eigenvalue weighted by molar-refractivity contribution is 6.02. The maximum absolute atomic E-state index is 13.3. The lowest BCUT2D eigenvalue weighted by Gasteiger charge is -2.41. The fraction of sp³-hybridized carbons (Fsp3) is 0.611. The Labute approximate surface area is 146 Å². The van der Waals surface area contributed by atoms with Crippen LogP contribution in [0.2, 0.25) is 0 Å². The monoisotopic (exact) mass is 352 g/mol. The van der Waals surface area contributed by atoms with E-state index in [-0.39, 0.29) is 25.0 Å². The number of nitrogens with zero attached hydrogens (tertiary/aromatic N) is 1. The summed E-state index contributed by atoms with van der Waals surface area (Å²) in [4.78, 5) is 14.3. The second-order valence-electron chi connectivity index (χ2n) is 7.35. The van der Waals surface area contributed by atoms with E-state index in [0.29, 0.717) is 28.5 Å². The SMILES string of the molecule is CNc1cc(N2CC(F)(F)C2)c(C(=O)NC2CCC(C)CC2)cc1N. The van der Waals surface area contributed by atoms with Crippen LogP contribution in [0.3, 0.4) is 0 Å². The number of nitrogens with one attached hydrogen (secondary N) is 2. The molecule has 1 aliphatic heterocycles. The van der Waals surface area contributed by atoms with Crippen LogP contribution in [0.25, 0.3) is 0 Å². The number of carbonyl (C=O) groups excluding carboxylic acids is 1. The van der Waals surface area contributed by atoms with Crippen LogP contribution in [0.5, 0.6) is 0 Å². The Morgan fingerprint density at radius 3 is 2.44 bits per heavy atom. The first kappa shape index (κ1) is 17.8. The van der Waals surface area contributed by atoms with Crippen molar-refractivity contribution in [1.29, 1.82) is 0 Å². The smallest absolute Gasteiger partial charge is 0.282 e. The van der Waals surface area contributed by atoms with Crippen LogP contribution >= 0.6 is 0 Å². The van der Waals surface area contributed by atoms with Crippen molar-refractivity contribution in [3.63, 3.8) is 0 Å². The number of alkyl halides is 2. The molecule has 0 radical (unpaired) electrons. The minimum absolute atomic E-state index is 0.139. The zero-order valence-corrected chi connectivity index (χ0v) is 14.7. The van der Waals surface area contributed by atoms with E-state index >= 15 is 0 Å². The van der Waals surface area contributed by atoms with Crippen molar-refractivity contribution in [3.8, 4) is 0 Å². The third-order valence-corrected chi connectivity index (χ3v) is 5.22. The topological polar surface area (TPSA) is 70.4 Å². The fourth-order valence-electron chi connectivity index (χ4n) is 3.62. The van der Waals surface area contributed by atoms with Gasteiger partial charge in [-0.15, -0.1) is 0 Å². The zero-order chi connectivity index (χ0) is 18.2. The molecule has 138 valence electrons. The molecule has 1 amide bonds. The van der Waals surface area contributed by atoms with Gasteiger partial charge in [0.2, 0.25) is 0 Å². The van der Waals surface area contributed by atoms with Crippen molar-refractivity contribution < 1.29 is 13.6 Å². The van der Waals surface area contributed by atoms with Crippen LogP contribution in [-0.2, 0) is 0 Å². The molecule has 0 aromatic heterocycles. The van der Waals surface area contributed by atoms with Crippen molar-refractivity contribution in [2.75, 3.05) is 36.1 Å². The molecule has 3 rings (SSSR count). The number of hydrogen-bond acceptors (Lipinski definition) is 4. The van der Waals surface area contributed by atoms with E-state index in [1.165, 1.54) is 4.90 Å². The number of hydrogen-bond donors (Lipinski definition) is 3. The number of anilines is 3. The second-order valence-corrected chi connectivity index (χ2v) is 7.35. The number of carbonyl (C=O) groups is 1. The van der Waals surface area contributed by atoms with Crippen LogP contribution in [0.1, 0.15) is 43.0 Å². The Kier molecular flexibility index (Phi) is 4.75. The van der Waals surface area contributed by atoms with Gasteiger partial charge in [-0.3, -0.25) is 4.79 Å². The lowest BCUT2D eigenvalue weighted by Crippen LogP contribution is -2.57. The molecular formula is C18H26F2N4O. The summed E-state index contributed by atoms with van der Waals surface area (Å²) >= 11 is 0. The van der Waals surface area contributed by atoms with Gasteiger partial charge in [-0.25, -0.2) is 8.78 Å². The summed E-state index contributed by atoms with van der Waals surface area (Å²) in [6, 6.07) is 3.40. The van der Waals surface area contributed by atoms with E-state index in [2.05, 4.69) is 17.6 Å². The Morgan fingerprint density at radius 2 is 1.88 bits per heavy atom. The van der Waals surface area contributed by atoms with Crippen molar-refractivity contribution in [2.24, 2.45) is 5.92 Å². The van der Waals surface area contributed by atoms with Gasteiger partial charge in [0.25, 0.3) is 11.8 Å². The predicted octanol–water partition coefficient (Wildman–Crippen LogP) is 3.07. The molecule has 1 heterocycles. The summed E-state index contributed by atoms with van der Waals surface area (Å²) in [6.45, 7) is 1.47. The molecule has 1 saturated heterocycles. The Hall–Kier alpha value is -2.05. The van der Waals surface area contributed by atoms with Crippen molar-refractivity contribution in [1.82, 2.24) is 5.32 Å². The molecule has 0 atom stereocenters. The second kappa shape index (κ2) is 6.69. The first-order valence-corrected chi connectivity index (χ1v) is 8.84. The largest absolute Gasteiger partial charge is 0.397 e. The van der Waals surface area contributed by atoms with E-state index < -0.39 is 5.92 Å². The molecule has 1 aliphatic carbocycles. The highest BCUT2D eigenvalue weighted by atomic mass is 19.3. The lowest BCUT2D eigenvalue weighted by molar-refractivity contribution is -0.0263. The maximum atomic E-state index is 13.3. The number of nitrogens with two attached hydrogens (primary N) is 1. The van der Waals surface area contributed by atoms with E-state index in [1.807, 2.05) is 0 Å². The Bertz CT molecular complexity index is 649. The van der Waals surface area contributed by atoms with Gasteiger partial charge in [0.15, 0.2) is 0 Å². The number of rotatable bonds is 4. The molecule has 4 N–H and O–H groups in total. The highest BCUT2D eigenvalue weighted by Gasteiger charge is 2.45. The van der Waals surface area contributed by atoms with Gasteiger partial charge in [0.05, 0.1) is 35.7 Å². The van der Waals surface area contributed by atoms with Crippen LogP contribution in [-0.4, -0.2) is 38.0 Å². The first-order chi connectivity index (χ1) is 11.8. The fourth-order valence-corrected chi connectivity index (χ4v) is 3.62. The summed E-state index contributed by atoms with van der Waals surface area (Å²) in [7, 11) is 1.71. The van der Waals surface area contributed by atoms with Crippen LogP contribution < -0.4 is 21.3 Å². The molecule has 0 unspecified atom stereocenters. The molecular weight excluding hydrogens is 326 g/mol. The van der Waals surface area contributed by atoms with Gasteiger partial charge in [-0.05, 0) is 43.7 Å². The average molecular weight is 352 g/mol. The summed E-state index contributed by atoms with van der Waals surface area (Å²) in [6.07, 6.45) is 4.09. The van der Waals surface area contributed by atoms with Crippen LogP contribution in [0.4, 0.5) is 25.8 Å². The lowest BCUT2D eigenvalue weighted by atomic mass is 9.87. The highest BCUT2D eigenvalue weighted by Crippen LogP contribution is 2.37. The van der Waals surface area contributed by atoms with Gasteiger partial charge in [-0.2, -0.15) is 0 Å². The van der Waals surface area contributed by atoms with Crippen molar-refractivity contribution in [2.45, 2.75) is 44.6 Å². The van der Waals surface area contributed by atoms with E-state index in [9.17, 15) is 13.6 Å². The van der Waals surface area contributed by atoms with Crippen molar-refractivity contribution >= 4 is 23.0 Å². The molecule has 1 aromatic carbocycles. The molecule has 7 heteroatoms. The zero-order valence-electron chi connectivity index (χ0n) is 14.7. The molecule has 0 spiro atoms. The number of amides is 1. The van der Waals surface area contributed by atoms with E-state index in [0.717, 1.165) is 25.7 Å². The van der Waals surface area contributed by atoms with Gasteiger partial charge in [0.1, 0.15) is 0 Å². The van der Waals surface area contributed by atoms with Crippen molar-refractivity contribution in [3.05, 3.63) is 17.7 Å². The average Bonchev–Trinajstić information content (AvgIpc) is 2.54. The Morgan fingerprint density at radius 1 is 1.24 bits per heavy atom. The third kappa shape index (κ3) is 3.80. The molecule has 2 fully saturated rings. The van der Waals surface area contributed by atoms with E-state index in [1.54, 1.807) is 19.2 Å². The van der Waals surface area contributed by atoms with Crippen LogP contribution in [0, 0.1) is 5.92 Å². The summed E-state index contributed by atoms with van der Waals surface area (Å²) < 4.78 is 26.6. The maximum Gasteiger partial charge on any atom is 0.282 e. The minimum atomic E-state index is -2.70. The summed E-state index contributed by atoms with van der Waals surface area (Å²) in [5.74, 6) is -2.24. The standard InChI is InChI=1S/C18H26F2N4O/c1-11-3-5-12(6-4-11)23-17(25)13-7-14(21)15(22-2)8-16(13)24-9-18(19,20)10-24/h7-8,11-12,22H,3-6,9-10,21H2,1-2H3,(H,23,25). The summed E-state index contributed by atoms with van der Waals surface area (Å²) in [5.41, 5.74) is 7.93. The Balaban J connectivity index is 1.81. The summed E-state index contributed by atoms with van der Waals surface area (Å²) in [5, 5.41) is 6.00. The third-order valence-electron chi connectivity index (χ3n) is 5.22. The van der Waals surface area contributed by atoms with Gasteiger partial charge < -0.3 is 21.3 Å². The molecule has 25 heavy (non-hydrogen) atoms. The molecule has 2 aliphatic rings. The van der Waals surface area contributed by atoms with Gasteiger partial charge in [-0.1, -0.05) is 6.92 Å².